The summed E-state index contributed by atoms with van der Waals surface area (Å²) >= 11 is 2.08. The summed E-state index contributed by atoms with van der Waals surface area (Å²) in [5, 5.41) is 11.3. The van der Waals surface area contributed by atoms with Crippen LogP contribution in [0.4, 0.5) is 0 Å². The molecule has 1 N–H and O–H groups in total. The van der Waals surface area contributed by atoms with Crippen LogP contribution >= 0.6 is 24.8 Å². The Labute approximate surface area is 211 Å². The molecule has 0 saturated heterocycles. The SMILES string of the molecule is CC(C)(C)C1=[C-]CC=C1.C[C](C)=[Ti+].Cc1cc(O)cc([Si](C)(C)C(C)(C)C)c1.Cl.Cl. The molecular weight excluding hydrogens is 463 g/mol. The minimum Gasteiger partial charge on any atom is -0.508 e. The summed E-state index contributed by atoms with van der Waals surface area (Å²) in [5.41, 5.74) is 2.80. The van der Waals surface area contributed by atoms with E-state index in [2.05, 4.69) is 113 Å². The van der Waals surface area contributed by atoms with Gasteiger partial charge in [0.2, 0.25) is 0 Å². The zero-order valence-corrected chi connectivity index (χ0v) is 25.1. The zero-order valence-electron chi connectivity index (χ0n) is 20.9. The summed E-state index contributed by atoms with van der Waals surface area (Å²) in [4.78, 5) is 0. The van der Waals surface area contributed by atoms with Crippen LogP contribution in [-0.4, -0.2) is 17.0 Å². The van der Waals surface area contributed by atoms with Crippen molar-refractivity contribution in [3.05, 3.63) is 47.6 Å². The van der Waals surface area contributed by atoms with Gasteiger partial charge in [0.1, 0.15) is 5.75 Å². The third kappa shape index (κ3) is 12.7. The molecule has 1 aromatic rings. The van der Waals surface area contributed by atoms with E-state index in [-0.39, 0.29) is 24.8 Å². The molecule has 0 bridgehead atoms. The Morgan fingerprint density at radius 2 is 1.47 bits per heavy atom. The summed E-state index contributed by atoms with van der Waals surface area (Å²) < 4.78 is 1.42. The first kappa shape index (κ1) is 34.5. The molecule has 0 heterocycles. The third-order valence-electron chi connectivity index (χ3n) is 5.16. The van der Waals surface area contributed by atoms with E-state index >= 15 is 0 Å². The van der Waals surface area contributed by atoms with Crippen LogP contribution in [0.5, 0.6) is 5.75 Å². The van der Waals surface area contributed by atoms with Gasteiger partial charge < -0.3 is 5.11 Å². The predicted molar refractivity (Wildman–Crippen MR) is 140 cm³/mol. The standard InChI is InChI=1S/C13H22OSi.C9H13.C3H6.2ClH.Ti/c1-10-7-11(14)9-12(8-10)15(5,6)13(2,3)4;1-9(2,3)8-6-4-5-7-8;1-3-2;;;/h7-9,14H,1-6H3;4,6H,5H2,1-3H3;1-2H3;2*1H;/q;-1;;;;+1. The van der Waals surface area contributed by atoms with Crippen molar-refractivity contribution in [2.75, 3.05) is 0 Å². The third-order valence-corrected chi connectivity index (χ3v) is 10.6. The van der Waals surface area contributed by atoms with Crippen LogP contribution in [0.3, 0.4) is 0 Å². The van der Waals surface area contributed by atoms with Crippen molar-refractivity contribution in [2.24, 2.45) is 5.41 Å². The van der Waals surface area contributed by atoms with Crippen molar-refractivity contribution in [3.63, 3.8) is 0 Å². The second-order valence-corrected chi connectivity index (χ2v) is 17.3. The van der Waals surface area contributed by atoms with Crippen molar-refractivity contribution < 1.29 is 25.1 Å². The summed E-state index contributed by atoms with van der Waals surface area (Å²) in [6.07, 6.45) is 8.63. The van der Waals surface area contributed by atoms with Crippen LogP contribution in [0, 0.1) is 18.4 Å². The Morgan fingerprint density at radius 3 is 1.73 bits per heavy atom. The van der Waals surface area contributed by atoms with E-state index in [1.54, 1.807) is 0 Å². The van der Waals surface area contributed by atoms with Gasteiger partial charge in [-0.25, -0.2) is 11.6 Å². The fraction of sp³-hybridized carbons (Fsp3) is 0.560. The molecule has 0 saturated carbocycles. The maximum Gasteiger partial charge on any atom is 0.115 e. The number of aryl methyl sites for hydroxylation is 1. The van der Waals surface area contributed by atoms with Gasteiger partial charge in [0.15, 0.2) is 0 Å². The minimum absolute atomic E-state index is 0. The molecule has 0 amide bonds. The van der Waals surface area contributed by atoms with Crippen LogP contribution < -0.4 is 5.19 Å². The summed E-state index contributed by atoms with van der Waals surface area (Å²) in [7, 11) is -1.50. The van der Waals surface area contributed by atoms with Gasteiger partial charge in [0.25, 0.3) is 0 Å². The van der Waals surface area contributed by atoms with Crippen molar-refractivity contribution in [2.45, 2.75) is 86.9 Å². The molecular formula is C25H43Cl2OSiTi. The van der Waals surface area contributed by atoms with E-state index in [0.717, 1.165) is 12.0 Å². The molecule has 0 radical (unpaired) electrons. The van der Waals surface area contributed by atoms with Gasteiger partial charge in [-0.05, 0) is 35.1 Å². The fourth-order valence-corrected chi connectivity index (χ4v) is 4.44. The quantitative estimate of drug-likeness (QED) is 0.305. The molecule has 30 heavy (non-hydrogen) atoms. The average Bonchev–Trinajstić information content (AvgIpc) is 2.99. The van der Waals surface area contributed by atoms with Crippen LogP contribution in [0.1, 0.15) is 67.4 Å². The Balaban J connectivity index is -0.000000417. The Bertz CT molecular complexity index is 699. The number of hydrogen-bond acceptors (Lipinski definition) is 1. The molecule has 1 nitrogen and oxygen atoms in total. The van der Waals surface area contributed by atoms with E-state index in [9.17, 15) is 5.11 Å². The number of benzene rings is 1. The summed E-state index contributed by atoms with van der Waals surface area (Å²) in [5.74, 6) is 0.398. The van der Waals surface area contributed by atoms with Crippen molar-refractivity contribution in [3.8, 4) is 5.75 Å². The van der Waals surface area contributed by atoms with E-state index in [1.165, 1.54) is 14.6 Å². The van der Waals surface area contributed by atoms with Gasteiger partial charge in [-0.1, -0.05) is 65.9 Å². The van der Waals surface area contributed by atoms with Gasteiger partial charge in [-0.2, -0.15) is 6.08 Å². The molecule has 0 atom stereocenters. The molecule has 0 aromatic heterocycles. The number of phenols is 1. The van der Waals surface area contributed by atoms with Crippen molar-refractivity contribution >= 4 is 41.9 Å². The fourth-order valence-electron chi connectivity index (χ4n) is 2.48. The van der Waals surface area contributed by atoms with Crippen LogP contribution in [0.15, 0.2) is 35.9 Å². The molecule has 1 aliphatic carbocycles. The van der Waals surface area contributed by atoms with Gasteiger partial charge in [0.05, 0.1) is 8.07 Å². The van der Waals surface area contributed by atoms with Crippen LogP contribution in [-0.2, 0) is 20.0 Å². The number of halogens is 2. The normalized spacial score (nSPS) is 12.9. The molecule has 2 rings (SSSR count). The molecule has 1 aromatic carbocycles. The van der Waals surface area contributed by atoms with Crippen LogP contribution in [0.25, 0.3) is 0 Å². The summed E-state index contributed by atoms with van der Waals surface area (Å²) in [6, 6.07) is 5.97. The van der Waals surface area contributed by atoms with E-state index in [0.29, 0.717) is 16.2 Å². The first-order chi connectivity index (χ1) is 12.5. The molecule has 171 valence electrons. The molecule has 0 fully saturated rings. The smallest absolute Gasteiger partial charge is 0.115 e. The second kappa shape index (κ2) is 14.1. The number of allylic oxidation sites excluding steroid dienone is 4. The number of hydrogen-bond donors (Lipinski definition) is 1. The maximum atomic E-state index is 9.65. The Hall–Kier alpha value is -0.119. The van der Waals surface area contributed by atoms with Crippen LogP contribution in [0.2, 0.25) is 18.1 Å². The average molecular weight is 506 g/mol. The van der Waals surface area contributed by atoms with Crippen molar-refractivity contribution in [1.82, 2.24) is 0 Å². The largest absolute Gasteiger partial charge is 0.508 e. The van der Waals surface area contributed by atoms with Gasteiger partial charge >= 0.3 is 37.6 Å². The zero-order chi connectivity index (χ0) is 22.3. The maximum absolute atomic E-state index is 9.65. The second-order valence-electron chi connectivity index (χ2n) is 10.4. The van der Waals surface area contributed by atoms with Gasteiger partial charge in [-0.15, -0.1) is 31.2 Å². The minimum atomic E-state index is -1.50. The topological polar surface area (TPSA) is 20.2 Å². The van der Waals surface area contributed by atoms with E-state index < -0.39 is 8.07 Å². The molecule has 5 heteroatoms. The molecule has 1 aliphatic rings. The molecule has 0 aliphatic heterocycles. The Kier molecular flexibility index (Phi) is 16.2. The first-order valence-electron chi connectivity index (χ1n) is 10.1. The molecule has 0 spiro atoms. The monoisotopic (exact) mass is 505 g/mol. The number of rotatable bonds is 1. The van der Waals surface area contributed by atoms with Gasteiger partial charge in [0, 0.05) is 0 Å². The molecule has 0 unspecified atom stereocenters. The van der Waals surface area contributed by atoms with E-state index in [4.69, 9.17) is 0 Å². The van der Waals surface area contributed by atoms with Crippen molar-refractivity contribution in [1.29, 1.82) is 0 Å². The summed E-state index contributed by atoms with van der Waals surface area (Å²) in [6.45, 7) is 24.4. The predicted octanol–water partition coefficient (Wildman–Crippen LogP) is 7.73. The Morgan fingerprint density at radius 1 is 1.00 bits per heavy atom. The first-order valence-corrected chi connectivity index (χ1v) is 13.9. The number of aromatic hydroxyl groups is 1. The number of phenolic OH excluding ortho intramolecular Hbond substituents is 1. The van der Waals surface area contributed by atoms with E-state index in [1.807, 2.05) is 19.1 Å². The van der Waals surface area contributed by atoms with Gasteiger partial charge in [-0.3, -0.25) is 6.08 Å².